The van der Waals surface area contributed by atoms with Gasteiger partial charge in [0.25, 0.3) is 0 Å². The van der Waals surface area contributed by atoms with Gasteiger partial charge in [0.05, 0.1) is 0 Å². The first-order valence-corrected chi connectivity index (χ1v) is 9.16. The van der Waals surface area contributed by atoms with Crippen LogP contribution in [0.4, 0.5) is 10.5 Å². The molecule has 4 nitrogen and oxygen atoms in total. The Hall–Kier alpha value is -1.23. The Morgan fingerprint density at radius 1 is 1.22 bits per heavy atom. The molecule has 0 radical (unpaired) electrons. The largest absolute Gasteiger partial charge is 0.444 e. The summed E-state index contributed by atoms with van der Waals surface area (Å²) in [5.41, 5.74) is 2.35. The summed E-state index contributed by atoms with van der Waals surface area (Å²) in [6.45, 7) is 8.37. The minimum atomic E-state index is -0.423. The predicted molar refractivity (Wildman–Crippen MR) is 96.0 cm³/mol. The lowest BCUT2D eigenvalue weighted by atomic mass is 10.0. The summed E-state index contributed by atoms with van der Waals surface area (Å²) in [5.74, 6) is 0. The normalized spacial score (nSPS) is 19.0. The van der Waals surface area contributed by atoms with Crippen LogP contribution in [0.5, 0.6) is 0 Å². The third kappa shape index (κ3) is 3.65. The smallest absolute Gasteiger partial charge is 0.410 e. The number of rotatable bonds is 1. The summed E-state index contributed by atoms with van der Waals surface area (Å²) < 4.78 is 6.69. The summed E-state index contributed by atoms with van der Waals surface area (Å²) in [7, 11) is 0. The zero-order valence-electron chi connectivity index (χ0n) is 14.1. The number of amides is 1. The van der Waals surface area contributed by atoms with E-state index in [0.717, 1.165) is 38.9 Å². The molecule has 2 aliphatic heterocycles. The Labute approximate surface area is 146 Å². The van der Waals surface area contributed by atoms with Gasteiger partial charge in [-0.05, 0) is 57.7 Å². The van der Waals surface area contributed by atoms with Crippen LogP contribution in [0.15, 0.2) is 22.7 Å². The average molecular weight is 381 g/mol. The molecular formula is C18H25BrN2O2. The van der Waals surface area contributed by atoms with Gasteiger partial charge in [-0.3, -0.25) is 0 Å². The van der Waals surface area contributed by atoms with Gasteiger partial charge in [0, 0.05) is 35.8 Å². The van der Waals surface area contributed by atoms with Gasteiger partial charge in [-0.1, -0.05) is 22.0 Å². The molecule has 1 amide bonds. The lowest BCUT2D eigenvalue weighted by Gasteiger charge is -2.38. The quantitative estimate of drug-likeness (QED) is 0.731. The molecular weight excluding hydrogens is 356 g/mol. The molecule has 1 saturated heterocycles. The molecule has 2 heterocycles. The molecule has 0 aliphatic carbocycles. The van der Waals surface area contributed by atoms with Gasteiger partial charge in [0.2, 0.25) is 0 Å². The zero-order chi connectivity index (χ0) is 16.6. The van der Waals surface area contributed by atoms with Crippen LogP contribution in [0, 0.1) is 0 Å². The molecule has 0 unspecified atom stereocenters. The fraction of sp³-hybridized carbons (Fsp3) is 0.611. The topological polar surface area (TPSA) is 32.8 Å². The number of carbonyl (C=O) groups excluding carboxylic acids is 1. The van der Waals surface area contributed by atoms with Crippen LogP contribution in [-0.2, 0) is 11.2 Å². The molecule has 126 valence electrons. The molecule has 2 aliphatic rings. The maximum atomic E-state index is 12.2. The molecule has 1 fully saturated rings. The van der Waals surface area contributed by atoms with Gasteiger partial charge in [0.1, 0.15) is 5.60 Å². The molecule has 0 saturated carbocycles. The minimum absolute atomic E-state index is 0.180. The molecule has 0 spiro atoms. The summed E-state index contributed by atoms with van der Waals surface area (Å²) in [4.78, 5) is 16.5. The molecule has 0 aromatic heterocycles. The van der Waals surface area contributed by atoms with E-state index in [0.29, 0.717) is 6.04 Å². The molecule has 1 aromatic carbocycles. The van der Waals surface area contributed by atoms with E-state index in [2.05, 4.69) is 39.0 Å². The number of hydrogen-bond donors (Lipinski definition) is 0. The van der Waals surface area contributed by atoms with Crippen LogP contribution in [0.25, 0.3) is 0 Å². The van der Waals surface area contributed by atoms with Crippen LogP contribution in [0.1, 0.15) is 39.2 Å². The summed E-state index contributed by atoms with van der Waals surface area (Å²) in [6.07, 6.45) is 2.93. The highest BCUT2D eigenvalue weighted by Gasteiger charge is 2.32. The molecule has 0 N–H and O–H groups in total. The summed E-state index contributed by atoms with van der Waals surface area (Å²) in [5, 5.41) is 0. The zero-order valence-corrected chi connectivity index (χ0v) is 15.7. The fourth-order valence-corrected chi connectivity index (χ4v) is 4.04. The second-order valence-electron chi connectivity index (χ2n) is 7.38. The Morgan fingerprint density at radius 3 is 2.57 bits per heavy atom. The molecule has 23 heavy (non-hydrogen) atoms. The number of halogens is 1. The van der Waals surface area contributed by atoms with Crippen molar-refractivity contribution in [2.75, 3.05) is 24.5 Å². The Morgan fingerprint density at radius 2 is 1.91 bits per heavy atom. The van der Waals surface area contributed by atoms with E-state index in [-0.39, 0.29) is 6.09 Å². The van der Waals surface area contributed by atoms with E-state index in [1.165, 1.54) is 15.7 Å². The lowest BCUT2D eigenvalue weighted by molar-refractivity contribution is 0.0205. The molecule has 3 rings (SSSR count). The number of hydrogen-bond acceptors (Lipinski definition) is 3. The number of fused-ring (bicyclic) bond motifs is 1. The van der Waals surface area contributed by atoms with Crippen molar-refractivity contribution in [2.24, 2.45) is 0 Å². The van der Waals surface area contributed by atoms with Crippen LogP contribution in [0.2, 0.25) is 0 Å². The standard InChI is InChI=1S/C18H25BrN2O2/c1-18(2,3)23-17(22)20-10-7-13(8-11-20)21-12-9-14-15(19)5-4-6-16(14)21/h4-6,13H,7-12H2,1-3H3. The van der Waals surface area contributed by atoms with E-state index in [4.69, 9.17) is 4.74 Å². The van der Waals surface area contributed by atoms with E-state index in [9.17, 15) is 4.79 Å². The van der Waals surface area contributed by atoms with E-state index in [1.54, 1.807) is 0 Å². The predicted octanol–water partition coefficient (Wildman–Crippen LogP) is 4.21. The number of benzene rings is 1. The molecule has 1 aromatic rings. The van der Waals surface area contributed by atoms with Crippen molar-refractivity contribution in [3.63, 3.8) is 0 Å². The lowest BCUT2D eigenvalue weighted by Crippen LogP contribution is -2.47. The second-order valence-corrected chi connectivity index (χ2v) is 8.23. The second kappa shape index (κ2) is 6.34. The van der Waals surface area contributed by atoms with Crippen molar-refractivity contribution in [2.45, 2.75) is 51.7 Å². The first-order valence-electron chi connectivity index (χ1n) is 8.37. The maximum Gasteiger partial charge on any atom is 0.410 e. The van der Waals surface area contributed by atoms with Crippen LogP contribution in [-0.4, -0.2) is 42.3 Å². The van der Waals surface area contributed by atoms with Crippen LogP contribution >= 0.6 is 15.9 Å². The Balaban J connectivity index is 1.61. The van der Waals surface area contributed by atoms with Gasteiger partial charge in [-0.15, -0.1) is 0 Å². The van der Waals surface area contributed by atoms with Gasteiger partial charge in [-0.25, -0.2) is 4.79 Å². The van der Waals surface area contributed by atoms with Gasteiger partial charge in [0.15, 0.2) is 0 Å². The number of carbonyl (C=O) groups is 1. The van der Waals surface area contributed by atoms with Crippen LogP contribution < -0.4 is 4.90 Å². The van der Waals surface area contributed by atoms with Crippen molar-refractivity contribution in [3.8, 4) is 0 Å². The third-order valence-electron chi connectivity index (χ3n) is 4.56. The van der Waals surface area contributed by atoms with Gasteiger partial charge < -0.3 is 14.5 Å². The number of anilines is 1. The highest BCUT2D eigenvalue weighted by atomic mass is 79.9. The first-order chi connectivity index (χ1) is 10.8. The van der Waals surface area contributed by atoms with Crippen LogP contribution in [0.3, 0.4) is 0 Å². The molecule has 0 atom stereocenters. The number of likely N-dealkylation sites (tertiary alicyclic amines) is 1. The average Bonchev–Trinajstić information content (AvgIpc) is 2.91. The van der Waals surface area contributed by atoms with Crippen molar-refractivity contribution < 1.29 is 9.53 Å². The van der Waals surface area contributed by atoms with Gasteiger partial charge in [-0.2, -0.15) is 0 Å². The Kier molecular flexibility index (Phi) is 4.59. The third-order valence-corrected chi connectivity index (χ3v) is 5.31. The SMILES string of the molecule is CC(C)(C)OC(=O)N1CCC(N2CCc3c(Br)cccc32)CC1. The first kappa shape index (κ1) is 16.6. The monoisotopic (exact) mass is 380 g/mol. The van der Waals surface area contributed by atoms with Crippen molar-refractivity contribution in [3.05, 3.63) is 28.2 Å². The molecule has 5 heteroatoms. The fourth-order valence-electron chi connectivity index (χ4n) is 3.48. The van der Waals surface area contributed by atoms with E-state index >= 15 is 0 Å². The van der Waals surface area contributed by atoms with Gasteiger partial charge >= 0.3 is 6.09 Å². The number of nitrogens with zero attached hydrogens (tertiary/aromatic N) is 2. The number of ether oxygens (including phenoxy) is 1. The van der Waals surface area contributed by atoms with E-state index < -0.39 is 5.60 Å². The Bertz CT molecular complexity index is 589. The highest BCUT2D eigenvalue weighted by Crippen LogP contribution is 2.36. The maximum absolute atomic E-state index is 12.2. The van der Waals surface area contributed by atoms with Crippen molar-refractivity contribution in [1.29, 1.82) is 0 Å². The summed E-state index contributed by atoms with van der Waals surface area (Å²) >= 11 is 3.66. The van der Waals surface area contributed by atoms with E-state index in [1.807, 2.05) is 25.7 Å². The van der Waals surface area contributed by atoms with Crippen molar-refractivity contribution in [1.82, 2.24) is 4.90 Å². The highest BCUT2D eigenvalue weighted by molar-refractivity contribution is 9.10. The molecule has 0 bridgehead atoms. The van der Waals surface area contributed by atoms with Crippen molar-refractivity contribution >= 4 is 27.7 Å². The minimum Gasteiger partial charge on any atom is -0.444 e. The number of piperidine rings is 1. The summed E-state index contributed by atoms with van der Waals surface area (Å²) in [6, 6.07) is 6.96.